The van der Waals surface area contributed by atoms with Crippen molar-refractivity contribution < 1.29 is 5.21 Å². The molecular formula is C29H39N3O. The Balaban J connectivity index is 1.56. The SMILES string of the molecule is CC(C)(C)c1nc(=NC(c2ccccc2)C23CC4CC(CC(C4)C2)C3)c2c(n1O)CCCC2. The van der Waals surface area contributed by atoms with E-state index in [0.29, 0.717) is 0 Å². The van der Waals surface area contributed by atoms with Crippen LogP contribution in [0.1, 0.15) is 101 Å². The summed E-state index contributed by atoms with van der Waals surface area (Å²) in [5, 5.41) is 11.1. The molecule has 4 bridgehead atoms. The van der Waals surface area contributed by atoms with E-state index < -0.39 is 0 Å². The van der Waals surface area contributed by atoms with Gasteiger partial charge in [0.05, 0.1) is 11.7 Å². The van der Waals surface area contributed by atoms with Gasteiger partial charge in [-0.05, 0) is 92.9 Å². The first-order valence-corrected chi connectivity index (χ1v) is 13.3. The van der Waals surface area contributed by atoms with Gasteiger partial charge in [0.2, 0.25) is 0 Å². The molecule has 176 valence electrons. The minimum absolute atomic E-state index is 0.160. The van der Waals surface area contributed by atoms with Crippen LogP contribution in [0.15, 0.2) is 35.3 Å². The second-order valence-electron chi connectivity index (χ2n) is 12.7. The van der Waals surface area contributed by atoms with Crippen molar-refractivity contribution in [1.82, 2.24) is 9.71 Å². The van der Waals surface area contributed by atoms with Crippen LogP contribution >= 0.6 is 0 Å². The maximum absolute atomic E-state index is 11.1. The third-order valence-electron chi connectivity index (χ3n) is 9.08. The Morgan fingerprint density at radius 3 is 2.18 bits per heavy atom. The van der Waals surface area contributed by atoms with Crippen molar-refractivity contribution in [2.45, 2.75) is 96.4 Å². The van der Waals surface area contributed by atoms with Gasteiger partial charge in [-0.1, -0.05) is 51.1 Å². The lowest BCUT2D eigenvalue weighted by molar-refractivity contribution is -0.0680. The molecule has 1 aromatic heterocycles. The third kappa shape index (κ3) is 3.65. The number of fused-ring (bicyclic) bond motifs is 1. The first-order valence-electron chi connectivity index (χ1n) is 13.3. The number of nitrogens with zero attached hydrogens (tertiary/aromatic N) is 3. The predicted octanol–water partition coefficient (Wildman–Crippen LogP) is 6.16. The molecule has 1 atom stereocenters. The summed E-state index contributed by atoms with van der Waals surface area (Å²) in [4.78, 5) is 10.7. The number of rotatable bonds is 3. The number of aromatic nitrogens is 2. The zero-order valence-corrected chi connectivity index (χ0v) is 20.6. The Kier molecular flexibility index (Phi) is 5.01. The Morgan fingerprint density at radius 2 is 1.58 bits per heavy atom. The van der Waals surface area contributed by atoms with Gasteiger partial charge in [-0.3, -0.25) is 4.99 Å². The molecule has 0 radical (unpaired) electrons. The summed E-state index contributed by atoms with van der Waals surface area (Å²) in [7, 11) is 0. The van der Waals surface area contributed by atoms with Gasteiger partial charge in [0.1, 0.15) is 0 Å². The second kappa shape index (κ2) is 7.71. The van der Waals surface area contributed by atoms with E-state index in [1.807, 2.05) is 0 Å². The van der Waals surface area contributed by atoms with Crippen LogP contribution in [-0.2, 0) is 18.3 Å². The Hall–Kier alpha value is -2.10. The largest absolute Gasteiger partial charge is 0.427 e. The van der Waals surface area contributed by atoms with E-state index in [1.54, 1.807) is 0 Å². The van der Waals surface area contributed by atoms with Crippen LogP contribution in [0.25, 0.3) is 0 Å². The zero-order chi connectivity index (χ0) is 22.8. The Bertz CT molecular complexity index is 1070. The van der Waals surface area contributed by atoms with Crippen LogP contribution < -0.4 is 5.49 Å². The standard InChI is InChI=1S/C29H39N3O/c1-28(2,3)27-31-26(23-11-7-8-12-24(23)32(27)33)30-25(22-9-5-4-6-10-22)29-16-19-13-20(17-29)15-21(14-19)18-29/h4-6,9-10,19-21,25,33H,7-8,11-18H2,1-3H3. The van der Waals surface area contributed by atoms with Crippen LogP contribution in [0.2, 0.25) is 0 Å². The Morgan fingerprint density at radius 1 is 0.970 bits per heavy atom. The highest BCUT2D eigenvalue weighted by atomic mass is 16.5. The lowest BCUT2D eigenvalue weighted by atomic mass is 9.47. The van der Waals surface area contributed by atoms with Gasteiger partial charge in [0.25, 0.3) is 0 Å². The fourth-order valence-electron chi connectivity index (χ4n) is 8.13. The first kappa shape index (κ1) is 21.4. The van der Waals surface area contributed by atoms with Crippen LogP contribution in [0.3, 0.4) is 0 Å². The van der Waals surface area contributed by atoms with Gasteiger partial charge in [0.15, 0.2) is 11.3 Å². The van der Waals surface area contributed by atoms with Gasteiger partial charge in [-0.2, -0.15) is 4.73 Å². The second-order valence-corrected chi connectivity index (χ2v) is 12.7. The zero-order valence-electron chi connectivity index (χ0n) is 20.6. The minimum Gasteiger partial charge on any atom is -0.427 e. The van der Waals surface area contributed by atoms with E-state index in [0.717, 1.165) is 60.4 Å². The van der Waals surface area contributed by atoms with Crippen molar-refractivity contribution in [3.63, 3.8) is 0 Å². The van der Waals surface area contributed by atoms with Crippen molar-refractivity contribution in [1.29, 1.82) is 0 Å². The molecule has 1 aromatic carbocycles. The van der Waals surface area contributed by atoms with Crippen molar-refractivity contribution in [2.75, 3.05) is 0 Å². The average molecular weight is 446 g/mol. The molecule has 1 N–H and O–H groups in total. The number of hydrogen-bond donors (Lipinski definition) is 1. The van der Waals surface area contributed by atoms with E-state index in [1.165, 1.54) is 54.4 Å². The molecule has 4 heteroatoms. The van der Waals surface area contributed by atoms with Gasteiger partial charge in [0, 0.05) is 11.0 Å². The van der Waals surface area contributed by atoms with Gasteiger partial charge < -0.3 is 5.21 Å². The molecule has 0 aliphatic heterocycles. The van der Waals surface area contributed by atoms with E-state index in [2.05, 4.69) is 51.1 Å². The number of hydrogen-bond acceptors (Lipinski definition) is 3. The van der Waals surface area contributed by atoms with Crippen molar-refractivity contribution >= 4 is 0 Å². The molecule has 0 amide bonds. The average Bonchev–Trinajstić information content (AvgIpc) is 2.77. The van der Waals surface area contributed by atoms with Crippen LogP contribution in [0.4, 0.5) is 0 Å². The van der Waals surface area contributed by atoms with Gasteiger partial charge in [-0.15, -0.1) is 0 Å². The molecule has 1 heterocycles. The molecule has 0 saturated heterocycles. The third-order valence-corrected chi connectivity index (χ3v) is 9.08. The van der Waals surface area contributed by atoms with E-state index in [-0.39, 0.29) is 16.9 Å². The van der Waals surface area contributed by atoms with Gasteiger partial charge >= 0.3 is 0 Å². The molecule has 2 aromatic rings. The van der Waals surface area contributed by atoms with Crippen LogP contribution in [0, 0.1) is 23.2 Å². The fourth-order valence-corrected chi connectivity index (χ4v) is 8.13. The molecule has 5 aliphatic carbocycles. The Labute approximate surface area is 198 Å². The fraction of sp³-hybridized carbons (Fsp3) is 0.655. The highest BCUT2D eigenvalue weighted by Gasteiger charge is 2.54. The summed E-state index contributed by atoms with van der Waals surface area (Å²) >= 11 is 0. The monoisotopic (exact) mass is 445 g/mol. The minimum atomic E-state index is -0.242. The maximum atomic E-state index is 11.1. The summed E-state index contributed by atoms with van der Waals surface area (Å²) in [5.41, 5.74) is 4.51. The van der Waals surface area contributed by atoms with Crippen LogP contribution in [-0.4, -0.2) is 14.9 Å². The highest BCUT2D eigenvalue weighted by molar-refractivity contribution is 5.27. The predicted molar refractivity (Wildman–Crippen MR) is 130 cm³/mol. The van der Waals surface area contributed by atoms with Crippen molar-refractivity contribution in [2.24, 2.45) is 28.2 Å². The van der Waals surface area contributed by atoms with Crippen molar-refractivity contribution in [3.8, 4) is 0 Å². The molecule has 1 unspecified atom stereocenters. The molecule has 4 saturated carbocycles. The summed E-state index contributed by atoms with van der Waals surface area (Å²) in [6.07, 6.45) is 12.4. The molecule has 5 aliphatic rings. The molecule has 0 spiro atoms. The highest BCUT2D eigenvalue weighted by Crippen LogP contribution is 2.64. The number of benzene rings is 1. The smallest absolute Gasteiger partial charge is 0.155 e. The summed E-state index contributed by atoms with van der Waals surface area (Å²) in [6, 6.07) is 11.2. The van der Waals surface area contributed by atoms with Gasteiger partial charge in [-0.25, -0.2) is 4.98 Å². The lowest BCUT2D eigenvalue weighted by Gasteiger charge is -2.58. The summed E-state index contributed by atoms with van der Waals surface area (Å²) < 4.78 is 1.40. The first-order chi connectivity index (χ1) is 15.8. The molecular weight excluding hydrogens is 406 g/mol. The molecule has 7 rings (SSSR count). The molecule has 4 nitrogen and oxygen atoms in total. The molecule has 4 fully saturated rings. The van der Waals surface area contributed by atoms with E-state index in [9.17, 15) is 5.21 Å². The topological polar surface area (TPSA) is 50.4 Å². The van der Waals surface area contributed by atoms with E-state index >= 15 is 0 Å². The molecule has 33 heavy (non-hydrogen) atoms. The van der Waals surface area contributed by atoms with Crippen molar-refractivity contribution in [3.05, 3.63) is 58.5 Å². The van der Waals surface area contributed by atoms with E-state index in [4.69, 9.17) is 9.98 Å². The van der Waals surface area contributed by atoms with Crippen LogP contribution in [0.5, 0.6) is 0 Å². The summed E-state index contributed by atoms with van der Waals surface area (Å²) in [6.45, 7) is 6.40. The lowest BCUT2D eigenvalue weighted by Crippen LogP contribution is -2.49. The normalized spacial score (nSPS) is 32.1. The quantitative estimate of drug-likeness (QED) is 0.576. The maximum Gasteiger partial charge on any atom is 0.155 e. The summed E-state index contributed by atoms with van der Waals surface area (Å²) in [5.74, 6) is 3.40.